The largest absolute Gasteiger partial charge is 0.311 e. The molecule has 1 N–H and O–H groups in total. The first-order valence-corrected chi connectivity index (χ1v) is 7.94. The minimum absolute atomic E-state index is 0.987. The van der Waals surface area contributed by atoms with Crippen LogP contribution in [0.25, 0.3) is 0 Å². The van der Waals surface area contributed by atoms with E-state index in [1.165, 1.54) is 39.9 Å². The molecule has 0 amide bonds. The molecular weight excluding hydrogens is 236 g/mol. The van der Waals surface area contributed by atoms with Crippen molar-refractivity contribution in [3.8, 4) is 0 Å². The second-order valence-electron chi connectivity index (χ2n) is 4.44. The molecule has 4 heteroatoms. The van der Waals surface area contributed by atoms with Crippen LogP contribution in [-0.4, -0.2) is 23.0 Å². The minimum Gasteiger partial charge on any atom is -0.311 e. The van der Waals surface area contributed by atoms with E-state index in [-0.39, 0.29) is 0 Å². The zero-order chi connectivity index (χ0) is 11.4. The van der Waals surface area contributed by atoms with Gasteiger partial charge in [0.25, 0.3) is 0 Å². The predicted molar refractivity (Wildman–Crippen MR) is 73.3 cm³/mol. The summed E-state index contributed by atoms with van der Waals surface area (Å²) in [6.07, 6.45) is 2.94. The lowest BCUT2D eigenvalue weighted by atomic mass is 10.4. The van der Waals surface area contributed by atoms with E-state index in [9.17, 15) is 0 Å². The number of rotatable bonds is 7. The van der Waals surface area contributed by atoms with Crippen LogP contribution in [0.3, 0.4) is 0 Å². The number of aryl methyl sites for hydroxylation is 2. The molecule has 16 heavy (non-hydrogen) atoms. The van der Waals surface area contributed by atoms with E-state index in [2.05, 4.69) is 35.9 Å². The lowest BCUT2D eigenvalue weighted by Gasteiger charge is -2.03. The molecule has 0 atom stereocenters. The van der Waals surface area contributed by atoms with E-state index in [0.29, 0.717) is 0 Å². The summed E-state index contributed by atoms with van der Waals surface area (Å²) >= 11 is 3.91. The zero-order valence-electron chi connectivity index (χ0n) is 10.1. The van der Waals surface area contributed by atoms with Crippen molar-refractivity contribution in [3.05, 3.63) is 15.6 Å². The van der Waals surface area contributed by atoms with Crippen LogP contribution >= 0.6 is 23.1 Å². The third kappa shape index (κ3) is 4.07. The van der Waals surface area contributed by atoms with Gasteiger partial charge in [-0.3, -0.25) is 0 Å². The Morgan fingerprint density at radius 1 is 1.44 bits per heavy atom. The normalized spacial score (nSPS) is 15.6. The highest BCUT2D eigenvalue weighted by molar-refractivity contribution is 7.99. The quantitative estimate of drug-likeness (QED) is 0.759. The Balaban J connectivity index is 1.54. The third-order valence-electron chi connectivity index (χ3n) is 2.76. The Bertz CT molecular complexity index is 332. The molecule has 90 valence electrons. The van der Waals surface area contributed by atoms with Crippen molar-refractivity contribution >= 4 is 23.1 Å². The monoisotopic (exact) mass is 256 g/mol. The second-order valence-corrected chi connectivity index (χ2v) is 6.87. The topological polar surface area (TPSA) is 24.9 Å². The number of thiazole rings is 1. The van der Waals surface area contributed by atoms with Crippen molar-refractivity contribution in [1.82, 2.24) is 10.3 Å². The maximum Gasteiger partial charge on any atom is 0.0900 e. The molecule has 0 aromatic carbocycles. The van der Waals surface area contributed by atoms with Crippen LogP contribution in [0.5, 0.6) is 0 Å². The van der Waals surface area contributed by atoms with Crippen molar-refractivity contribution < 1.29 is 0 Å². The fraction of sp³-hybridized carbons (Fsp3) is 0.750. The maximum absolute atomic E-state index is 4.43. The number of hydrogen-bond donors (Lipinski definition) is 1. The van der Waals surface area contributed by atoms with Gasteiger partial charge < -0.3 is 5.32 Å². The fourth-order valence-corrected chi connectivity index (χ4v) is 3.65. The lowest BCUT2D eigenvalue weighted by molar-refractivity contribution is 0.735. The van der Waals surface area contributed by atoms with Crippen molar-refractivity contribution in [1.29, 1.82) is 0 Å². The highest BCUT2D eigenvalue weighted by Gasteiger charge is 2.20. The van der Waals surface area contributed by atoms with Crippen LogP contribution in [0.15, 0.2) is 0 Å². The van der Waals surface area contributed by atoms with Crippen molar-refractivity contribution in [3.63, 3.8) is 0 Å². The Morgan fingerprint density at radius 3 is 2.88 bits per heavy atom. The summed E-state index contributed by atoms with van der Waals surface area (Å²) in [5.74, 6) is 3.67. The molecule has 1 fully saturated rings. The molecule has 0 radical (unpaired) electrons. The van der Waals surface area contributed by atoms with Crippen LogP contribution in [0.2, 0.25) is 0 Å². The molecule has 0 spiro atoms. The first kappa shape index (κ1) is 12.4. The summed E-state index contributed by atoms with van der Waals surface area (Å²) in [7, 11) is 0. The average molecular weight is 256 g/mol. The standard InChI is InChI=1S/C12H20N2S2/c1-9-12(16-10(2)14-9)7-13-5-6-15-8-11-3-4-11/h11,13H,3-8H2,1-2H3. The lowest BCUT2D eigenvalue weighted by Crippen LogP contribution is -2.16. The molecule has 2 nitrogen and oxygen atoms in total. The molecule has 0 aliphatic heterocycles. The SMILES string of the molecule is Cc1nc(C)c(CNCCSCC2CC2)s1. The summed E-state index contributed by atoms with van der Waals surface area (Å²) < 4.78 is 0. The Hall–Kier alpha value is -0.0600. The molecule has 1 heterocycles. The summed E-state index contributed by atoms with van der Waals surface area (Å²) in [5.41, 5.74) is 1.20. The van der Waals surface area contributed by atoms with Gasteiger partial charge in [0.1, 0.15) is 0 Å². The van der Waals surface area contributed by atoms with Gasteiger partial charge in [-0.25, -0.2) is 4.98 Å². The highest BCUT2D eigenvalue weighted by atomic mass is 32.2. The molecule has 0 unspecified atom stereocenters. The number of nitrogens with one attached hydrogen (secondary N) is 1. The first-order valence-electron chi connectivity index (χ1n) is 5.97. The van der Waals surface area contributed by atoms with Crippen molar-refractivity contribution in [2.75, 3.05) is 18.1 Å². The van der Waals surface area contributed by atoms with Gasteiger partial charge in [-0.05, 0) is 38.4 Å². The van der Waals surface area contributed by atoms with Crippen LogP contribution in [0, 0.1) is 19.8 Å². The van der Waals surface area contributed by atoms with E-state index >= 15 is 0 Å². The molecule has 2 rings (SSSR count). The Labute approximate surface area is 106 Å². The summed E-state index contributed by atoms with van der Waals surface area (Å²) in [5, 5.41) is 4.68. The Kier molecular flexibility index (Phi) is 4.67. The van der Waals surface area contributed by atoms with E-state index in [1.54, 1.807) is 0 Å². The van der Waals surface area contributed by atoms with Gasteiger partial charge in [-0.2, -0.15) is 11.8 Å². The van der Waals surface area contributed by atoms with Gasteiger partial charge in [0.05, 0.1) is 10.7 Å². The van der Waals surface area contributed by atoms with Gasteiger partial charge in [-0.15, -0.1) is 11.3 Å². The molecule has 1 aliphatic rings. The zero-order valence-corrected chi connectivity index (χ0v) is 11.7. The van der Waals surface area contributed by atoms with E-state index in [0.717, 1.165) is 19.0 Å². The van der Waals surface area contributed by atoms with Gasteiger partial charge in [-0.1, -0.05) is 0 Å². The van der Waals surface area contributed by atoms with E-state index < -0.39 is 0 Å². The predicted octanol–water partition coefficient (Wildman–Crippen LogP) is 2.99. The highest BCUT2D eigenvalue weighted by Crippen LogP contribution is 2.32. The third-order valence-corrected chi connectivity index (χ3v) is 5.03. The van der Waals surface area contributed by atoms with Gasteiger partial charge in [0.15, 0.2) is 0 Å². The van der Waals surface area contributed by atoms with Crippen molar-refractivity contribution in [2.45, 2.75) is 33.2 Å². The Morgan fingerprint density at radius 2 is 2.25 bits per heavy atom. The molecule has 0 bridgehead atoms. The maximum atomic E-state index is 4.43. The van der Waals surface area contributed by atoms with E-state index in [1.807, 2.05) is 11.3 Å². The van der Waals surface area contributed by atoms with Crippen LogP contribution in [0.4, 0.5) is 0 Å². The molecule has 1 aromatic heterocycles. The fourth-order valence-electron chi connectivity index (χ4n) is 1.62. The molecular formula is C12H20N2S2. The second kappa shape index (κ2) is 6.03. The van der Waals surface area contributed by atoms with Crippen LogP contribution in [-0.2, 0) is 6.54 Å². The van der Waals surface area contributed by atoms with E-state index in [4.69, 9.17) is 0 Å². The molecule has 1 saturated carbocycles. The number of aromatic nitrogens is 1. The molecule has 0 saturated heterocycles. The summed E-state index contributed by atoms with van der Waals surface area (Å²) in [6.45, 7) is 6.28. The van der Waals surface area contributed by atoms with Crippen LogP contribution < -0.4 is 5.32 Å². The smallest absolute Gasteiger partial charge is 0.0900 e. The minimum atomic E-state index is 0.987. The first-order chi connectivity index (χ1) is 7.75. The summed E-state index contributed by atoms with van der Waals surface area (Å²) in [6, 6.07) is 0. The van der Waals surface area contributed by atoms with Gasteiger partial charge >= 0.3 is 0 Å². The van der Waals surface area contributed by atoms with Crippen molar-refractivity contribution in [2.24, 2.45) is 5.92 Å². The number of nitrogens with zero attached hydrogens (tertiary/aromatic N) is 1. The van der Waals surface area contributed by atoms with Gasteiger partial charge in [0.2, 0.25) is 0 Å². The summed E-state index contributed by atoms with van der Waals surface area (Å²) in [4.78, 5) is 5.82. The molecule has 1 aromatic rings. The number of hydrogen-bond acceptors (Lipinski definition) is 4. The average Bonchev–Trinajstić information content (AvgIpc) is 2.99. The molecule has 1 aliphatic carbocycles. The number of thioether (sulfide) groups is 1. The van der Waals surface area contributed by atoms with Gasteiger partial charge in [0, 0.05) is 23.7 Å². The van der Waals surface area contributed by atoms with Crippen LogP contribution in [0.1, 0.15) is 28.4 Å².